The van der Waals surface area contributed by atoms with Crippen molar-refractivity contribution in [3.05, 3.63) is 83.5 Å². The van der Waals surface area contributed by atoms with E-state index in [1.54, 1.807) is 17.0 Å². The Morgan fingerprint density at radius 2 is 1.83 bits per heavy atom. The second kappa shape index (κ2) is 6.79. The third kappa shape index (κ3) is 2.58. The number of ether oxygens (including phenoxy) is 2. The van der Waals surface area contributed by atoms with Crippen LogP contribution >= 0.6 is 0 Å². The topological polar surface area (TPSA) is 111 Å². The summed E-state index contributed by atoms with van der Waals surface area (Å²) in [6.45, 7) is 0.925. The van der Waals surface area contributed by atoms with Crippen molar-refractivity contribution in [1.29, 1.82) is 0 Å². The van der Waals surface area contributed by atoms with Crippen molar-refractivity contribution in [3.8, 4) is 17.2 Å². The number of pyridine rings is 2. The number of aromatic amines is 1. The largest absolute Gasteiger partial charge is 0.483 e. The molecule has 0 aliphatic carbocycles. The van der Waals surface area contributed by atoms with Crippen LogP contribution in [0.2, 0.25) is 0 Å². The van der Waals surface area contributed by atoms with Gasteiger partial charge in [0.05, 0.1) is 40.2 Å². The van der Waals surface area contributed by atoms with Gasteiger partial charge in [0.25, 0.3) is 5.56 Å². The Kier molecular flexibility index (Phi) is 3.64. The van der Waals surface area contributed by atoms with Crippen LogP contribution in [0.25, 0.3) is 38.5 Å². The van der Waals surface area contributed by atoms with Gasteiger partial charge in [0, 0.05) is 17.8 Å². The molecule has 1 saturated heterocycles. The summed E-state index contributed by atoms with van der Waals surface area (Å²) >= 11 is 0. The molecule has 0 bridgehead atoms. The predicted octanol–water partition coefficient (Wildman–Crippen LogP) is 3.19. The van der Waals surface area contributed by atoms with Gasteiger partial charge in [-0.1, -0.05) is 18.2 Å². The average Bonchev–Trinajstić information content (AvgIpc) is 3.37. The molecule has 6 aromatic rings. The van der Waals surface area contributed by atoms with E-state index in [2.05, 4.69) is 20.2 Å². The van der Waals surface area contributed by atoms with E-state index in [4.69, 9.17) is 14.5 Å². The number of aromatic nitrogens is 6. The fourth-order valence-electron chi connectivity index (χ4n) is 4.97. The van der Waals surface area contributed by atoms with Crippen LogP contribution in [0, 0.1) is 0 Å². The molecule has 1 unspecified atom stereocenters. The molecule has 1 spiro atoms. The lowest BCUT2D eigenvalue weighted by Gasteiger charge is -2.26. The summed E-state index contributed by atoms with van der Waals surface area (Å²) < 4.78 is 13.9. The third-order valence-corrected chi connectivity index (χ3v) is 6.81. The Balaban J connectivity index is 1.34. The molecule has 2 aliphatic heterocycles. The monoisotopic (exact) mass is 475 g/mol. The SMILES string of the molecule is O=c1c2cn[nH]c2c2cnc(N3CC34COc3ccccc3O4)nc2n1-c1cccc2ncccc12. The van der Waals surface area contributed by atoms with E-state index in [-0.39, 0.29) is 5.56 Å². The average molecular weight is 475 g/mol. The van der Waals surface area contributed by atoms with Crippen molar-refractivity contribution in [3.63, 3.8) is 0 Å². The minimum Gasteiger partial charge on any atom is -0.483 e. The van der Waals surface area contributed by atoms with Gasteiger partial charge in [0.1, 0.15) is 6.61 Å². The Hall–Kier alpha value is -4.99. The van der Waals surface area contributed by atoms with Crippen LogP contribution in [0.4, 0.5) is 5.95 Å². The zero-order valence-electron chi connectivity index (χ0n) is 18.8. The van der Waals surface area contributed by atoms with Crippen LogP contribution in [-0.2, 0) is 0 Å². The zero-order valence-corrected chi connectivity index (χ0v) is 18.8. The number of nitrogens with zero attached hydrogens (tertiary/aromatic N) is 6. The lowest BCUT2D eigenvalue weighted by atomic mass is 10.1. The van der Waals surface area contributed by atoms with E-state index >= 15 is 0 Å². The molecule has 2 aromatic carbocycles. The first-order chi connectivity index (χ1) is 17.7. The molecule has 10 nitrogen and oxygen atoms in total. The number of fused-ring (bicyclic) bond motifs is 5. The molecular weight excluding hydrogens is 458 g/mol. The molecule has 1 fully saturated rings. The highest BCUT2D eigenvalue weighted by atomic mass is 16.6. The van der Waals surface area contributed by atoms with E-state index in [0.29, 0.717) is 52.5 Å². The number of para-hydroxylation sites is 2. The minimum absolute atomic E-state index is 0.223. The van der Waals surface area contributed by atoms with Gasteiger partial charge in [-0.2, -0.15) is 10.1 Å². The van der Waals surface area contributed by atoms with Crippen LogP contribution in [0.1, 0.15) is 0 Å². The fourth-order valence-corrected chi connectivity index (χ4v) is 4.97. The van der Waals surface area contributed by atoms with E-state index in [0.717, 1.165) is 16.7 Å². The van der Waals surface area contributed by atoms with Gasteiger partial charge in [0.2, 0.25) is 11.7 Å². The lowest BCUT2D eigenvalue weighted by Crippen LogP contribution is -2.37. The van der Waals surface area contributed by atoms with Crippen molar-refractivity contribution < 1.29 is 9.47 Å². The Labute approximate surface area is 202 Å². The van der Waals surface area contributed by atoms with Gasteiger partial charge in [0.15, 0.2) is 17.1 Å². The first-order valence-corrected chi connectivity index (χ1v) is 11.5. The Morgan fingerprint density at radius 3 is 2.78 bits per heavy atom. The summed E-state index contributed by atoms with van der Waals surface area (Å²) in [6.07, 6.45) is 4.99. The van der Waals surface area contributed by atoms with Crippen LogP contribution in [0.15, 0.2) is 78.0 Å². The van der Waals surface area contributed by atoms with Crippen molar-refractivity contribution >= 4 is 38.8 Å². The third-order valence-electron chi connectivity index (χ3n) is 6.81. The summed E-state index contributed by atoms with van der Waals surface area (Å²) in [5.41, 5.74) is 1.65. The maximum atomic E-state index is 13.7. The van der Waals surface area contributed by atoms with Gasteiger partial charge in [-0.15, -0.1) is 0 Å². The van der Waals surface area contributed by atoms with Crippen LogP contribution in [-0.4, -0.2) is 48.6 Å². The Morgan fingerprint density at radius 1 is 0.917 bits per heavy atom. The molecule has 10 heteroatoms. The zero-order chi connectivity index (χ0) is 23.9. The molecule has 0 saturated carbocycles. The molecule has 1 N–H and O–H groups in total. The van der Waals surface area contributed by atoms with Crippen LogP contribution < -0.4 is 19.9 Å². The number of hydrogen-bond donors (Lipinski definition) is 1. The number of nitrogens with one attached hydrogen (secondary N) is 1. The summed E-state index contributed by atoms with van der Waals surface area (Å²) in [7, 11) is 0. The summed E-state index contributed by atoms with van der Waals surface area (Å²) in [5, 5.41) is 9.05. The van der Waals surface area contributed by atoms with Crippen molar-refractivity contribution in [2.45, 2.75) is 5.72 Å². The van der Waals surface area contributed by atoms with Gasteiger partial charge in [-0.25, -0.2) is 4.98 Å². The van der Waals surface area contributed by atoms with E-state index in [1.807, 2.05) is 59.5 Å². The fraction of sp³-hybridized carbons (Fsp3) is 0.115. The predicted molar refractivity (Wildman–Crippen MR) is 133 cm³/mol. The van der Waals surface area contributed by atoms with Crippen LogP contribution in [0.5, 0.6) is 11.5 Å². The van der Waals surface area contributed by atoms with Crippen LogP contribution in [0.3, 0.4) is 0 Å². The first kappa shape index (κ1) is 19.3. The first-order valence-electron chi connectivity index (χ1n) is 11.5. The van der Waals surface area contributed by atoms with Gasteiger partial charge in [-0.3, -0.25) is 24.3 Å². The van der Waals surface area contributed by atoms with Crippen molar-refractivity contribution in [1.82, 2.24) is 29.7 Å². The number of benzene rings is 2. The van der Waals surface area contributed by atoms with E-state index < -0.39 is 5.72 Å². The molecule has 0 radical (unpaired) electrons. The molecule has 6 heterocycles. The molecule has 2 aliphatic rings. The van der Waals surface area contributed by atoms with Gasteiger partial charge < -0.3 is 9.47 Å². The smallest absolute Gasteiger partial charge is 0.267 e. The highest BCUT2D eigenvalue weighted by molar-refractivity contribution is 6.03. The minimum atomic E-state index is -0.672. The number of anilines is 1. The highest BCUT2D eigenvalue weighted by Crippen LogP contribution is 2.45. The molecular formula is C26H17N7O3. The maximum absolute atomic E-state index is 13.7. The summed E-state index contributed by atoms with van der Waals surface area (Å²) in [4.78, 5) is 29.7. The number of hydrogen-bond acceptors (Lipinski definition) is 8. The lowest BCUT2D eigenvalue weighted by molar-refractivity contribution is 0.0758. The quantitative estimate of drug-likeness (QED) is 0.380. The number of H-pyrrole nitrogens is 1. The highest BCUT2D eigenvalue weighted by Gasteiger charge is 2.59. The molecule has 4 aromatic heterocycles. The number of rotatable bonds is 2. The Bertz CT molecular complexity index is 1910. The summed E-state index contributed by atoms with van der Waals surface area (Å²) in [6, 6.07) is 17.1. The molecule has 36 heavy (non-hydrogen) atoms. The second-order valence-electron chi connectivity index (χ2n) is 8.92. The van der Waals surface area contributed by atoms with Gasteiger partial charge in [-0.05, 0) is 36.4 Å². The van der Waals surface area contributed by atoms with Crippen molar-refractivity contribution in [2.24, 2.45) is 0 Å². The standard InChI is InChI=1S/C26H17N7O3/c34-24-17-12-29-31-22(17)16-11-28-25(32-13-26(32)14-35-20-8-1-2-9-21(20)36-26)30-23(16)33(24)19-7-3-6-18-15(19)5-4-10-27-18/h1-12H,13-14H2,(H,29,31). The van der Waals surface area contributed by atoms with Crippen molar-refractivity contribution in [2.75, 3.05) is 18.1 Å². The molecule has 174 valence electrons. The second-order valence-corrected chi connectivity index (χ2v) is 8.92. The summed E-state index contributed by atoms with van der Waals surface area (Å²) in [5.74, 6) is 1.86. The molecule has 8 rings (SSSR count). The molecule has 0 amide bonds. The molecule has 1 atom stereocenters. The van der Waals surface area contributed by atoms with E-state index in [1.165, 1.54) is 6.20 Å². The van der Waals surface area contributed by atoms with Gasteiger partial charge >= 0.3 is 0 Å². The maximum Gasteiger partial charge on any atom is 0.267 e. The van der Waals surface area contributed by atoms with E-state index in [9.17, 15) is 4.79 Å². The normalized spacial score (nSPS) is 18.4.